The third kappa shape index (κ3) is 4.55. The molecule has 0 saturated heterocycles. The molecule has 6 rings (SSSR count). The Morgan fingerprint density at radius 3 is 2.48 bits per heavy atom. The van der Waals surface area contributed by atoms with E-state index in [1.807, 2.05) is 47.9 Å². The number of alkyl halides is 3. The Balaban J connectivity index is 1.51. The van der Waals surface area contributed by atoms with E-state index < -0.39 is 11.9 Å². The smallest absolute Gasteiger partial charge is 0.331 e. The molecule has 0 bridgehead atoms. The predicted molar refractivity (Wildman–Crippen MR) is 145 cm³/mol. The van der Waals surface area contributed by atoms with Crippen molar-refractivity contribution < 1.29 is 18.0 Å². The number of carbonyl (C=O) groups is 1. The molecule has 40 heavy (non-hydrogen) atoms. The van der Waals surface area contributed by atoms with Crippen LogP contribution in [0.3, 0.4) is 0 Å². The highest BCUT2D eigenvalue weighted by molar-refractivity contribution is 6.11. The van der Waals surface area contributed by atoms with Gasteiger partial charge in [-0.05, 0) is 53.8 Å². The van der Waals surface area contributed by atoms with Gasteiger partial charge in [0, 0.05) is 61.6 Å². The molecule has 0 N–H and O–H groups in total. The summed E-state index contributed by atoms with van der Waals surface area (Å²) in [5, 5.41) is 3.73. The predicted octanol–water partition coefficient (Wildman–Crippen LogP) is 5.92. The number of rotatable bonds is 5. The van der Waals surface area contributed by atoms with Crippen LogP contribution < -0.4 is 4.90 Å². The molecule has 7 nitrogen and oxygen atoms in total. The van der Waals surface area contributed by atoms with Crippen LogP contribution in [0.15, 0.2) is 79.5 Å². The number of imidazole rings is 1. The Kier molecular flexibility index (Phi) is 6.25. The van der Waals surface area contributed by atoms with Crippen LogP contribution in [0.1, 0.15) is 33.0 Å². The second-order valence-corrected chi connectivity index (χ2v) is 9.80. The Hall–Kier alpha value is -4.73. The molecule has 0 saturated carbocycles. The lowest BCUT2D eigenvalue weighted by molar-refractivity contribution is -0.140. The number of aryl methyl sites for hydroxylation is 2. The molecule has 5 aromatic rings. The molecule has 0 fully saturated rings. The highest BCUT2D eigenvalue weighted by atomic mass is 19.4. The van der Waals surface area contributed by atoms with Gasteiger partial charge in [-0.15, -0.1) is 0 Å². The number of pyridine rings is 1. The Labute approximate surface area is 228 Å². The molecule has 1 aliphatic rings. The molecule has 0 unspecified atom stereocenters. The number of fused-ring (bicyclic) bond motifs is 1. The maximum Gasteiger partial charge on any atom is 0.435 e. The van der Waals surface area contributed by atoms with E-state index >= 15 is 0 Å². The fraction of sp³-hybridized carbons (Fsp3) is 0.200. The molecule has 1 aliphatic heterocycles. The number of hydrogen-bond donors (Lipinski definition) is 0. The molecule has 4 heterocycles. The Morgan fingerprint density at radius 2 is 1.75 bits per heavy atom. The van der Waals surface area contributed by atoms with Crippen molar-refractivity contribution in [1.29, 1.82) is 0 Å². The van der Waals surface area contributed by atoms with Gasteiger partial charge < -0.3 is 9.47 Å². The molecule has 0 radical (unpaired) electrons. The lowest BCUT2D eigenvalue weighted by atomic mass is 9.87. The van der Waals surface area contributed by atoms with Crippen molar-refractivity contribution in [1.82, 2.24) is 24.3 Å². The highest BCUT2D eigenvalue weighted by Crippen LogP contribution is 2.41. The second-order valence-electron chi connectivity index (χ2n) is 9.80. The first-order valence-corrected chi connectivity index (χ1v) is 12.8. The van der Waals surface area contributed by atoms with Gasteiger partial charge in [0.2, 0.25) is 0 Å². The fourth-order valence-corrected chi connectivity index (χ4v) is 5.35. The zero-order chi connectivity index (χ0) is 28.0. The van der Waals surface area contributed by atoms with Crippen LogP contribution in [0, 0.1) is 6.92 Å². The minimum absolute atomic E-state index is 0.0388. The van der Waals surface area contributed by atoms with E-state index in [9.17, 15) is 18.0 Å². The van der Waals surface area contributed by atoms with Gasteiger partial charge >= 0.3 is 6.18 Å². The maximum atomic E-state index is 14.1. The number of anilines is 1. The highest BCUT2D eigenvalue weighted by Gasteiger charge is 2.39. The van der Waals surface area contributed by atoms with E-state index in [1.165, 1.54) is 13.2 Å². The lowest BCUT2D eigenvalue weighted by Crippen LogP contribution is -2.38. The van der Waals surface area contributed by atoms with Crippen LogP contribution in [-0.4, -0.2) is 36.8 Å². The minimum Gasteiger partial charge on any atom is -0.331 e. The molecule has 10 heteroatoms. The van der Waals surface area contributed by atoms with Crippen LogP contribution in [-0.2, 0) is 26.2 Å². The Morgan fingerprint density at radius 1 is 0.975 bits per heavy atom. The van der Waals surface area contributed by atoms with Gasteiger partial charge in [0.1, 0.15) is 5.82 Å². The van der Waals surface area contributed by atoms with E-state index in [2.05, 4.69) is 15.1 Å². The van der Waals surface area contributed by atoms with Crippen LogP contribution in [0.5, 0.6) is 0 Å². The summed E-state index contributed by atoms with van der Waals surface area (Å²) in [5.74, 6) is 0.474. The molecule has 0 spiro atoms. The molecule has 3 aromatic heterocycles. The first-order valence-electron chi connectivity index (χ1n) is 12.8. The quantitative estimate of drug-likeness (QED) is 0.276. The van der Waals surface area contributed by atoms with Gasteiger partial charge in [-0.25, -0.2) is 4.98 Å². The van der Waals surface area contributed by atoms with Crippen molar-refractivity contribution >= 4 is 11.6 Å². The van der Waals surface area contributed by atoms with Gasteiger partial charge in [0.05, 0.1) is 11.9 Å². The largest absolute Gasteiger partial charge is 0.435 e. The molecular formula is C30H25F3N6O. The monoisotopic (exact) mass is 542 g/mol. The third-order valence-electron chi connectivity index (χ3n) is 7.21. The van der Waals surface area contributed by atoms with Crippen LogP contribution in [0.2, 0.25) is 0 Å². The summed E-state index contributed by atoms with van der Waals surface area (Å²) in [4.78, 5) is 24.3. The number of halogens is 3. The van der Waals surface area contributed by atoms with Crippen LogP contribution in [0.4, 0.5) is 18.9 Å². The average Bonchev–Trinajstić information content (AvgIpc) is 3.54. The first-order chi connectivity index (χ1) is 19.2. The average molecular weight is 543 g/mol. The number of amides is 1. The normalized spacial score (nSPS) is 13.5. The van der Waals surface area contributed by atoms with Gasteiger partial charge in [-0.2, -0.15) is 18.3 Å². The summed E-state index contributed by atoms with van der Waals surface area (Å²) >= 11 is 0. The van der Waals surface area contributed by atoms with E-state index in [0.29, 0.717) is 47.5 Å². The number of aromatic nitrogens is 5. The van der Waals surface area contributed by atoms with E-state index in [0.717, 1.165) is 21.6 Å². The molecule has 0 aliphatic carbocycles. The summed E-state index contributed by atoms with van der Waals surface area (Å²) in [7, 11) is 1.46. The van der Waals surface area contributed by atoms with E-state index in [-0.39, 0.29) is 11.5 Å². The summed E-state index contributed by atoms with van der Waals surface area (Å²) in [5.41, 5.74) is 3.44. The maximum absolute atomic E-state index is 14.1. The fourth-order valence-electron chi connectivity index (χ4n) is 5.35. The van der Waals surface area contributed by atoms with E-state index in [4.69, 9.17) is 0 Å². The van der Waals surface area contributed by atoms with Crippen molar-refractivity contribution in [3.63, 3.8) is 0 Å². The summed E-state index contributed by atoms with van der Waals surface area (Å²) in [6.45, 7) is 2.50. The van der Waals surface area contributed by atoms with Crippen molar-refractivity contribution in [3.05, 3.63) is 108 Å². The third-order valence-corrected chi connectivity index (χ3v) is 7.21. The van der Waals surface area contributed by atoms with E-state index in [1.54, 1.807) is 41.8 Å². The zero-order valence-corrected chi connectivity index (χ0v) is 21.9. The molecule has 202 valence electrons. The molecule has 0 atom stereocenters. The number of hydrogen-bond acceptors (Lipinski definition) is 4. The number of nitrogens with zero attached hydrogens (tertiary/aromatic N) is 6. The zero-order valence-electron chi connectivity index (χ0n) is 21.9. The minimum atomic E-state index is -4.65. The van der Waals surface area contributed by atoms with Gasteiger partial charge in [0.25, 0.3) is 5.91 Å². The summed E-state index contributed by atoms with van der Waals surface area (Å²) < 4.78 is 45.2. The molecule has 2 aromatic carbocycles. The van der Waals surface area contributed by atoms with Crippen molar-refractivity contribution in [3.8, 4) is 22.3 Å². The standard InChI is InChI=1S/C30H25F3N6O/c1-19-35-11-13-38(19)17-20-14-24(26-18-37(2)36-28(26)30(31,32)33)23-9-12-39(29(40)25(23)15-20)27-16-34-10-8-22(27)21-6-4-3-5-7-21/h3-8,10-11,13-16,18H,9,12,17H2,1-2H3. The van der Waals surface area contributed by atoms with Gasteiger partial charge in [-0.3, -0.25) is 14.5 Å². The lowest BCUT2D eigenvalue weighted by Gasteiger charge is -2.31. The van der Waals surface area contributed by atoms with Crippen molar-refractivity contribution in [2.24, 2.45) is 7.05 Å². The second kappa shape index (κ2) is 9.78. The Bertz CT molecular complexity index is 1720. The summed E-state index contributed by atoms with van der Waals surface area (Å²) in [6.07, 6.45) is 3.90. The van der Waals surface area contributed by atoms with Crippen molar-refractivity contribution in [2.45, 2.75) is 26.1 Å². The SMILES string of the molecule is Cc1nccn1Cc1cc2c(c(-c3cn(C)nc3C(F)(F)F)c1)CCN(c1cnccc1-c1ccccc1)C2=O. The molecular weight excluding hydrogens is 517 g/mol. The number of carbonyl (C=O) groups excluding carboxylic acids is 1. The molecule has 1 amide bonds. The van der Waals surface area contributed by atoms with Gasteiger partial charge in [0.15, 0.2) is 5.69 Å². The van der Waals surface area contributed by atoms with Crippen molar-refractivity contribution in [2.75, 3.05) is 11.4 Å². The van der Waals surface area contributed by atoms with Crippen LogP contribution >= 0.6 is 0 Å². The summed E-state index contributed by atoms with van der Waals surface area (Å²) in [6, 6.07) is 15.1. The number of benzene rings is 2. The van der Waals surface area contributed by atoms with Gasteiger partial charge in [-0.1, -0.05) is 30.3 Å². The topological polar surface area (TPSA) is 68.8 Å². The van der Waals surface area contributed by atoms with Crippen LogP contribution in [0.25, 0.3) is 22.3 Å². The first kappa shape index (κ1) is 25.5.